The fraction of sp³-hybridized carbons (Fsp3) is 0.500. The Morgan fingerprint density at radius 2 is 2.43 bits per heavy atom. The molecule has 0 radical (unpaired) electrons. The number of allylic oxidation sites excluding steroid dienone is 1. The van der Waals surface area contributed by atoms with Gasteiger partial charge in [-0.1, -0.05) is 0 Å². The molecular formula is C8H14N4O2. The lowest BCUT2D eigenvalue weighted by molar-refractivity contribution is 0.145. The quantitative estimate of drug-likeness (QED) is 0.544. The molecule has 2 amide bonds. The Bertz CT molecular complexity index is 285. The van der Waals surface area contributed by atoms with Crippen LogP contribution < -0.4 is 16.0 Å². The van der Waals surface area contributed by atoms with E-state index in [0.29, 0.717) is 5.96 Å². The molecule has 0 fully saturated rings. The molecule has 6 nitrogen and oxygen atoms in total. The topological polar surface area (TPSA) is 74.8 Å². The maximum atomic E-state index is 11.0. The molecule has 1 heterocycles. The van der Waals surface area contributed by atoms with Gasteiger partial charge in [0.25, 0.3) is 0 Å². The summed E-state index contributed by atoms with van der Waals surface area (Å²) in [6, 6.07) is -0.319. The number of carbonyl (C=O) groups is 1. The minimum absolute atomic E-state index is 0.319. The maximum Gasteiger partial charge on any atom is 0.321 e. The molecule has 0 saturated carbocycles. The second-order valence-electron chi connectivity index (χ2n) is 2.78. The minimum Gasteiger partial charge on any atom is -0.356 e. The van der Waals surface area contributed by atoms with E-state index >= 15 is 0 Å². The molecule has 78 valence electrons. The van der Waals surface area contributed by atoms with Gasteiger partial charge in [-0.15, -0.1) is 0 Å². The van der Waals surface area contributed by atoms with Crippen molar-refractivity contribution in [2.24, 2.45) is 4.99 Å². The number of guanidine groups is 1. The second kappa shape index (κ2) is 4.61. The summed E-state index contributed by atoms with van der Waals surface area (Å²) < 4.78 is 5.03. The van der Waals surface area contributed by atoms with Crippen LogP contribution in [0.5, 0.6) is 0 Å². The van der Waals surface area contributed by atoms with Gasteiger partial charge in [0.05, 0.1) is 0 Å². The number of amides is 2. The lowest BCUT2D eigenvalue weighted by Crippen LogP contribution is -2.46. The molecule has 6 heteroatoms. The van der Waals surface area contributed by atoms with Gasteiger partial charge < -0.3 is 15.4 Å². The molecule has 0 aromatic heterocycles. The van der Waals surface area contributed by atoms with E-state index in [-0.39, 0.29) is 12.3 Å². The third-order valence-electron chi connectivity index (χ3n) is 1.66. The Kier molecular flexibility index (Phi) is 3.47. The van der Waals surface area contributed by atoms with Crippen LogP contribution in [-0.4, -0.2) is 32.4 Å². The zero-order valence-electron chi connectivity index (χ0n) is 8.42. The predicted octanol–water partition coefficient (Wildman–Crippen LogP) is -0.249. The summed E-state index contributed by atoms with van der Waals surface area (Å²) in [4.78, 5) is 15.1. The number of rotatable bonds is 1. The van der Waals surface area contributed by atoms with Gasteiger partial charge in [0.2, 0.25) is 5.96 Å². The van der Waals surface area contributed by atoms with Crippen molar-refractivity contribution in [2.75, 3.05) is 14.2 Å². The average Bonchev–Trinajstić information content (AvgIpc) is 2.16. The van der Waals surface area contributed by atoms with E-state index in [1.54, 1.807) is 7.11 Å². The number of nitrogens with one attached hydrogen (secondary N) is 3. The van der Waals surface area contributed by atoms with Crippen molar-refractivity contribution in [3.63, 3.8) is 0 Å². The van der Waals surface area contributed by atoms with Crippen LogP contribution >= 0.6 is 0 Å². The van der Waals surface area contributed by atoms with Gasteiger partial charge in [-0.3, -0.25) is 5.32 Å². The Hall–Kier alpha value is -1.56. The number of methoxy groups -OCH3 is 1. The van der Waals surface area contributed by atoms with Crippen LogP contribution in [0.4, 0.5) is 4.79 Å². The molecule has 1 rings (SSSR count). The first-order chi connectivity index (χ1) is 6.65. The Balaban J connectivity index is 2.62. The van der Waals surface area contributed by atoms with Crippen LogP contribution in [-0.2, 0) is 4.74 Å². The van der Waals surface area contributed by atoms with E-state index in [4.69, 9.17) is 4.74 Å². The highest BCUT2D eigenvalue weighted by Gasteiger charge is 2.13. The number of ether oxygens (including phenoxy) is 1. The van der Waals surface area contributed by atoms with Crippen LogP contribution in [0.25, 0.3) is 0 Å². The molecule has 0 saturated heterocycles. The SMILES string of the molecule is CNC(=O)NC1=NC(OC)C=C(C)N1. The Morgan fingerprint density at radius 3 is 3.00 bits per heavy atom. The van der Waals surface area contributed by atoms with E-state index in [2.05, 4.69) is 20.9 Å². The summed E-state index contributed by atoms with van der Waals surface area (Å²) >= 11 is 0. The zero-order valence-corrected chi connectivity index (χ0v) is 8.42. The first-order valence-electron chi connectivity index (χ1n) is 4.20. The number of urea groups is 1. The van der Waals surface area contributed by atoms with Crippen molar-refractivity contribution in [2.45, 2.75) is 13.2 Å². The van der Waals surface area contributed by atoms with Crippen molar-refractivity contribution in [1.29, 1.82) is 0 Å². The maximum absolute atomic E-state index is 11.0. The third-order valence-corrected chi connectivity index (χ3v) is 1.66. The number of hydrogen-bond donors (Lipinski definition) is 3. The third kappa shape index (κ3) is 2.74. The van der Waals surface area contributed by atoms with Crippen molar-refractivity contribution in [3.8, 4) is 0 Å². The van der Waals surface area contributed by atoms with Gasteiger partial charge in [0.1, 0.15) is 0 Å². The van der Waals surface area contributed by atoms with Gasteiger partial charge in [0.15, 0.2) is 6.23 Å². The van der Waals surface area contributed by atoms with E-state index in [1.807, 2.05) is 13.0 Å². The summed E-state index contributed by atoms with van der Waals surface area (Å²) in [6.45, 7) is 1.87. The highest BCUT2D eigenvalue weighted by Crippen LogP contribution is 2.03. The predicted molar refractivity (Wildman–Crippen MR) is 52.7 cm³/mol. The van der Waals surface area contributed by atoms with Crippen molar-refractivity contribution in [1.82, 2.24) is 16.0 Å². The summed E-state index contributed by atoms with van der Waals surface area (Å²) in [6.07, 6.45) is 1.47. The lowest BCUT2D eigenvalue weighted by atomic mass is 10.3. The highest BCUT2D eigenvalue weighted by atomic mass is 16.5. The molecule has 0 spiro atoms. The normalized spacial score (nSPS) is 20.4. The van der Waals surface area contributed by atoms with Crippen molar-refractivity contribution in [3.05, 3.63) is 11.8 Å². The first kappa shape index (κ1) is 10.5. The first-order valence-corrected chi connectivity index (χ1v) is 4.20. The highest BCUT2D eigenvalue weighted by molar-refractivity contribution is 5.97. The average molecular weight is 198 g/mol. The number of nitrogens with zero attached hydrogens (tertiary/aromatic N) is 1. The summed E-state index contributed by atoms with van der Waals surface area (Å²) in [7, 11) is 3.09. The number of aliphatic imine (C=N–C) groups is 1. The molecule has 0 aromatic carbocycles. The second-order valence-corrected chi connectivity index (χ2v) is 2.78. The smallest absolute Gasteiger partial charge is 0.321 e. The standard InChI is InChI=1S/C8H14N4O2/c1-5-4-6(14-3)11-7(10-5)12-8(13)9-2/h4,6H,1-3H3,(H3,9,10,11,12,13). The summed E-state index contributed by atoms with van der Waals surface area (Å²) in [5.41, 5.74) is 0.887. The van der Waals surface area contributed by atoms with E-state index in [0.717, 1.165) is 5.70 Å². The van der Waals surface area contributed by atoms with Gasteiger partial charge >= 0.3 is 6.03 Å². The molecule has 1 aliphatic rings. The number of carbonyl (C=O) groups excluding carboxylic acids is 1. The monoisotopic (exact) mass is 198 g/mol. The molecule has 0 aromatic rings. The molecule has 1 unspecified atom stereocenters. The fourth-order valence-electron chi connectivity index (χ4n) is 0.993. The van der Waals surface area contributed by atoms with Gasteiger partial charge in [-0.05, 0) is 13.0 Å². The molecule has 0 bridgehead atoms. The molecule has 3 N–H and O–H groups in total. The largest absolute Gasteiger partial charge is 0.356 e. The molecule has 1 aliphatic heterocycles. The van der Waals surface area contributed by atoms with Crippen LogP contribution in [0.3, 0.4) is 0 Å². The van der Waals surface area contributed by atoms with Crippen molar-refractivity contribution < 1.29 is 9.53 Å². The van der Waals surface area contributed by atoms with Crippen molar-refractivity contribution >= 4 is 12.0 Å². The van der Waals surface area contributed by atoms with Gasteiger partial charge in [-0.2, -0.15) is 0 Å². The minimum atomic E-state index is -0.344. The fourth-order valence-corrected chi connectivity index (χ4v) is 0.993. The van der Waals surface area contributed by atoms with Crippen LogP contribution in [0.1, 0.15) is 6.92 Å². The molecule has 0 aliphatic carbocycles. The van der Waals surface area contributed by atoms with E-state index < -0.39 is 0 Å². The summed E-state index contributed by atoms with van der Waals surface area (Å²) in [5, 5.41) is 7.87. The number of hydrogen-bond acceptors (Lipinski definition) is 4. The van der Waals surface area contributed by atoms with E-state index in [1.165, 1.54) is 7.05 Å². The Labute approximate surface area is 82.4 Å². The molecule has 1 atom stereocenters. The van der Waals surface area contributed by atoms with Crippen LogP contribution in [0, 0.1) is 0 Å². The van der Waals surface area contributed by atoms with E-state index in [9.17, 15) is 4.79 Å². The Morgan fingerprint density at radius 1 is 1.71 bits per heavy atom. The van der Waals surface area contributed by atoms with Gasteiger partial charge in [0, 0.05) is 19.9 Å². The lowest BCUT2D eigenvalue weighted by Gasteiger charge is -2.19. The molecular weight excluding hydrogens is 184 g/mol. The van der Waals surface area contributed by atoms with Crippen LogP contribution in [0.15, 0.2) is 16.8 Å². The summed E-state index contributed by atoms with van der Waals surface area (Å²) in [5.74, 6) is 0.385. The van der Waals surface area contributed by atoms with Gasteiger partial charge in [-0.25, -0.2) is 9.79 Å². The zero-order chi connectivity index (χ0) is 10.6. The van der Waals surface area contributed by atoms with Crippen LogP contribution in [0.2, 0.25) is 0 Å². The molecule has 14 heavy (non-hydrogen) atoms.